The first-order valence-corrected chi connectivity index (χ1v) is 6.12. The van der Waals surface area contributed by atoms with Crippen LogP contribution in [0.5, 0.6) is 5.75 Å². The minimum Gasteiger partial charge on any atom is -0.483 e. The van der Waals surface area contributed by atoms with Gasteiger partial charge in [0.25, 0.3) is 0 Å². The molecule has 0 aromatic heterocycles. The molecule has 0 amide bonds. The van der Waals surface area contributed by atoms with Crippen molar-refractivity contribution >= 4 is 10.0 Å². The van der Waals surface area contributed by atoms with E-state index in [1.54, 1.807) is 6.92 Å². The van der Waals surface area contributed by atoms with Crippen molar-refractivity contribution in [1.82, 2.24) is 0 Å². The number of hydrogen-bond acceptors (Lipinski definition) is 3. The van der Waals surface area contributed by atoms with Crippen molar-refractivity contribution in [2.45, 2.75) is 17.9 Å². The van der Waals surface area contributed by atoms with E-state index in [0.717, 1.165) is 12.1 Å². The Morgan fingerprint density at radius 3 is 2.47 bits per heavy atom. The summed E-state index contributed by atoms with van der Waals surface area (Å²) in [5.74, 6) is -3.35. The number of benzene rings is 1. The molecule has 1 atom stereocenters. The zero-order valence-corrected chi connectivity index (χ0v) is 9.80. The molecule has 0 aliphatic rings. The molecule has 0 saturated heterocycles. The van der Waals surface area contributed by atoms with Gasteiger partial charge in [-0.15, -0.1) is 0 Å². The highest BCUT2D eigenvalue weighted by molar-refractivity contribution is 7.89. The first kappa shape index (κ1) is 13.6. The van der Waals surface area contributed by atoms with Gasteiger partial charge in [-0.05, 0) is 19.1 Å². The van der Waals surface area contributed by atoms with E-state index in [0.29, 0.717) is 0 Å². The first-order valence-electron chi connectivity index (χ1n) is 4.57. The van der Waals surface area contributed by atoms with Gasteiger partial charge in [-0.2, -0.15) is 4.39 Å². The SMILES string of the molecule is C=CC(C)Oc1ccc(S(N)(=O)=O)c(F)c1F. The molecule has 1 rings (SSSR count). The Bertz CT molecular complexity index is 543. The van der Waals surface area contributed by atoms with Crippen molar-refractivity contribution in [3.05, 3.63) is 36.4 Å². The molecule has 1 aromatic rings. The Hall–Kier alpha value is -1.47. The fourth-order valence-corrected chi connectivity index (χ4v) is 1.67. The van der Waals surface area contributed by atoms with Gasteiger partial charge in [0.2, 0.25) is 15.8 Å². The number of ether oxygens (including phenoxy) is 1. The maximum Gasteiger partial charge on any atom is 0.241 e. The molecule has 0 radical (unpaired) electrons. The largest absolute Gasteiger partial charge is 0.483 e. The molecular weight excluding hydrogens is 252 g/mol. The lowest BCUT2D eigenvalue weighted by Crippen LogP contribution is -2.16. The number of rotatable bonds is 4. The second-order valence-corrected chi connectivity index (χ2v) is 4.82. The van der Waals surface area contributed by atoms with Crippen molar-refractivity contribution in [2.75, 3.05) is 0 Å². The summed E-state index contributed by atoms with van der Waals surface area (Å²) in [5.41, 5.74) is 0. The smallest absolute Gasteiger partial charge is 0.241 e. The standard InChI is InChI=1S/C10H11F2NO3S/c1-3-6(2)16-7-4-5-8(17(13,14)15)10(12)9(7)11/h3-6H,1H2,2H3,(H2,13,14,15). The lowest BCUT2D eigenvalue weighted by atomic mass is 10.3. The molecular formula is C10H11F2NO3S. The van der Waals surface area contributed by atoms with Crippen LogP contribution in [0.2, 0.25) is 0 Å². The van der Waals surface area contributed by atoms with Crippen LogP contribution in [0, 0.1) is 11.6 Å². The highest BCUT2D eigenvalue weighted by Gasteiger charge is 2.21. The molecule has 2 N–H and O–H groups in total. The molecule has 0 bridgehead atoms. The molecule has 0 saturated carbocycles. The third-order valence-corrected chi connectivity index (χ3v) is 2.89. The van der Waals surface area contributed by atoms with Crippen molar-refractivity contribution < 1.29 is 21.9 Å². The zero-order valence-electron chi connectivity index (χ0n) is 8.98. The highest BCUT2D eigenvalue weighted by Crippen LogP contribution is 2.25. The zero-order chi connectivity index (χ0) is 13.2. The van der Waals surface area contributed by atoms with Crippen LogP contribution in [0.4, 0.5) is 8.78 Å². The summed E-state index contributed by atoms with van der Waals surface area (Å²) in [7, 11) is -4.30. The Balaban J connectivity index is 3.25. The minimum atomic E-state index is -4.30. The van der Waals surface area contributed by atoms with Gasteiger partial charge in [0.15, 0.2) is 11.6 Å². The number of primary sulfonamides is 1. The maximum atomic E-state index is 13.4. The number of hydrogen-bond donors (Lipinski definition) is 1. The number of nitrogens with two attached hydrogens (primary N) is 1. The second kappa shape index (κ2) is 4.80. The summed E-state index contributed by atoms with van der Waals surface area (Å²) in [5, 5.41) is 4.71. The lowest BCUT2D eigenvalue weighted by molar-refractivity contribution is 0.252. The Morgan fingerprint density at radius 1 is 1.41 bits per heavy atom. The molecule has 0 heterocycles. The molecule has 17 heavy (non-hydrogen) atoms. The van der Waals surface area contributed by atoms with Crippen molar-refractivity contribution in [3.63, 3.8) is 0 Å². The highest BCUT2D eigenvalue weighted by atomic mass is 32.2. The number of halogens is 2. The van der Waals surface area contributed by atoms with Crippen molar-refractivity contribution in [3.8, 4) is 5.75 Å². The molecule has 0 aliphatic heterocycles. The average molecular weight is 263 g/mol. The third-order valence-electron chi connectivity index (χ3n) is 1.96. The molecule has 1 unspecified atom stereocenters. The molecule has 94 valence electrons. The number of sulfonamides is 1. The Morgan fingerprint density at radius 2 is 2.00 bits per heavy atom. The third kappa shape index (κ3) is 3.01. The van der Waals surface area contributed by atoms with Crippen LogP contribution in [-0.2, 0) is 10.0 Å². The van der Waals surface area contributed by atoms with E-state index in [2.05, 4.69) is 6.58 Å². The van der Waals surface area contributed by atoms with Gasteiger partial charge in [-0.25, -0.2) is 17.9 Å². The molecule has 7 heteroatoms. The average Bonchev–Trinajstić information content (AvgIpc) is 2.22. The predicted molar refractivity (Wildman–Crippen MR) is 58.0 cm³/mol. The molecule has 1 aromatic carbocycles. The molecule has 0 fully saturated rings. The second-order valence-electron chi connectivity index (χ2n) is 3.29. The Labute approximate surface area is 97.7 Å². The Kier molecular flexibility index (Phi) is 3.84. The van der Waals surface area contributed by atoms with E-state index in [4.69, 9.17) is 9.88 Å². The van der Waals surface area contributed by atoms with Gasteiger partial charge < -0.3 is 4.74 Å². The summed E-state index contributed by atoms with van der Waals surface area (Å²) in [6.07, 6.45) is 0.842. The van der Waals surface area contributed by atoms with Crippen molar-refractivity contribution in [2.24, 2.45) is 5.14 Å². The van der Waals surface area contributed by atoms with Gasteiger partial charge >= 0.3 is 0 Å². The van der Waals surface area contributed by atoms with Crippen molar-refractivity contribution in [1.29, 1.82) is 0 Å². The van der Waals surface area contributed by atoms with E-state index >= 15 is 0 Å². The minimum absolute atomic E-state index is 0.401. The van der Waals surface area contributed by atoms with Gasteiger partial charge in [0, 0.05) is 0 Å². The summed E-state index contributed by atoms with van der Waals surface area (Å²) in [6.45, 7) is 4.98. The van der Waals surface area contributed by atoms with E-state index in [9.17, 15) is 17.2 Å². The first-order chi connectivity index (χ1) is 7.77. The van der Waals surface area contributed by atoms with Crippen LogP contribution in [0.3, 0.4) is 0 Å². The normalized spacial score (nSPS) is 13.2. The van der Waals surface area contributed by atoms with Gasteiger partial charge in [-0.1, -0.05) is 12.7 Å². The van der Waals surface area contributed by atoms with Crippen LogP contribution < -0.4 is 9.88 Å². The van der Waals surface area contributed by atoms with Crippen LogP contribution in [-0.4, -0.2) is 14.5 Å². The van der Waals surface area contributed by atoms with Gasteiger partial charge in [0.1, 0.15) is 11.0 Å². The van der Waals surface area contributed by atoms with Gasteiger partial charge in [-0.3, -0.25) is 0 Å². The van der Waals surface area contributed by atoms with Crippen LogP contribution in [0.1, 0.15) is 6.92 Å². The fourth-order valence-electron chi connectivity index (χ4n) is 1.07. The molecule has 4 nitrogen and oxygen atoms in total. The lowest BCUT2D eigenvalue weighted by Gasteiger charge is -2.12. The van der Waals surface area contributed by atoms with E-state index in [1.165, 1.54) is 6.08 Å². The fraction of sp³-hybridized carbons (Fsp3) is 0.200. The van der Waals surface area contributed by atoms with Gasteiger partial charge in [0.05, 0.1) is 0 Å². The van der Waals surface area contributed by atoms with Crippen LogP contribution in [0.15, 0.2) is 29.7 Å². The van der Waals surface area contributed by atoms with E-state index < -0.39 is 38.4 Å². The summed E-state index contributed by atoms with van der Waals surface area (Å²) in [4.78, 5) is -0.909. The molecule has 0 spiro atoms. The monoisotopic (exact) mass is 263 g/mol. The predicted octanol–water partition coefficient (Wildman–Crippen LogP) is 1.57. The quantitative estimate of drug-likeness (QED) is 0.838. The topological polar surface area (TPSA) is 69.4 Å². The maximum absolute atomic E-state index is 13.4. The summed E-state index contributed by atoms with van der Waals surface area (Å²) < 4.78 is 53.6. The molecule has 0 aliphatic carbocycles. The van der Waals surface area contributed by atoms with E-state index in [-0.39, 0.29) is 0 Å². The summed E-state index contributed by atoms with van der Waals surface area (Å²) in [6, 6.07) is 1.84. The van der Waals surface area contributed by atoms with Crippen LogP contribution in [0.25, 0.3) is 0 Å². The van der Waals surface area contributed by atoms with Crippen LogP contribution >= 0.6 is 0 Å². The van der Waals surface area contributed by atoms with E-state index in [1.807, 2.05) is 0 Å². The summed E-state index contributed by atoms with van der Waals surface area (Å²) >= 11 is 0.